The summed E-state index contributed by atoms with van der Waals surface area (Å²) >= 11 is 0. The predicted molar refractivity (Wildman–Crippen MR) is 84.4 cm³/mol. The standard InChI is InChI=1S/C14H13F3N2O4S2/c1-19(2)25(22,23)10-5-3-4-9(8-10)18-24(20,21)12-7-6-11(15)13(16)14(12)17/h3-8,18H,1-2H3. The first-order chi connectivity index (χ1) is 11.5. The van der Waals surface area contributed by atoms with E-state index in [9.17, 15) is 30.0 Å². The molecule has 0 atom stereocenters. The Balaban J connectivity index is 2.45. The molecule has 0 spiro atoms. The molecule has 0 aliphatic heterocycles. The van der Waals surface area contributed by atoms with Crippen LogP contribution in [0, 0.1) is 17.5 Å². The first-order valence-electron chi connectivity index (χ1n) is 6.66. The van der Waals surface area contributed by atoms with Gasteiger partial charge in [0.1, 0.15) is 4.90 Å². The van der Waals surface area contributed by atoms with E-state index in [0.717, 1.165) is 10.4 Å². The molecule has 2 aromatic carbocycles. The van der Waals surface area contributed by atoms with Gasteiger partial charge in [-0.05, 0) is 30.3 Å². The van der Waals surface area contributed by atoms with E-state index in [1.807, 2.05) is 4.72 Å². The lowest BCUT2D eigenvalue weighted by molar-refractivity contribution is 0.432. The van der Waals surface area contributed by atoms with Crippen LogP contribution in [0.15, 0.2) is 46.2 Å². The molecule has 0 radical (unpaired) electrons. The molecule has 136 valence electrons. The number of sulfonamides is 2. The van der Waals surface area contributed by atoms with Crippen LogP contribution in [0.2, 0.25) is 0 Å². The van der Waals surface area contributed by atoms with Crippen LogP contribution in [-0.2, 0) is 20.0 Å². The van der Waals surface area contributed by atoms with Crippen LogP contribution in [0.4, 0.5) is 18.9 Å². The molecule has 0 bridgehead atoms. The summed E-state index contributed by atoms with van der Waals surface area (Å²) in [5, 5.41) is 0. The molecule has 0 saturated heterocycles. The molecule has 2 aromatic rings. The summed E-state index contributed by atoms with van der Waals surface area (Å²) in [7, 11) is -5.84. The number of benzene rings is 2. The smallest absolute Gasteiger partial charge is 0.264 e. The van der Waals surface area contributed by atoms with Gasteiger partial charge in [-0.15, -0.1) is 0 Å². The Labute approximate surface area is 143 Å². The fourth-order valence-corrected chi connectivity index (χ4v) is 3.92. The topological polar surface area (TPSA) is 83.6 Å². The first-order valence-corrected chi connectivity index (χ1v) is 9.58. The number of nitrogens with zero attached hydrogens (tertiary/aromatic N) is 1. The van der Waals surface area contributed by atoms with Crippen LogP contribution in [0.25, 0.3) is 0 Å². The second-order valence-corrected chi connectivity index (χ2v) is 8.90. The van der Waals surface area contributed by atoms with E-state index < -0.39 is 42.4 Å². The zero-order chi connectivity index (χ0) is 19.0. The minimum absolute atomic E-state index is 0.188. The Hall–Kier alpha value is -2.11. The second kappa shape index (κ2) is 6.65. The lowest BCUT2D eigenvalue weighted by atomic mass is 10.3. The van der Waals surface area contributed by atoms with Gasteiger partial charge in [-0.1, -0.05) is 6.07 Å². The lowest BCUT2D eigenvalue weighted by Crippen LogP contribution is -2.22. The fraction of sp³-hybridized carbons (Fsp3) is 0.143. The third kappa shape index (κ3) is 3.78. The van der Waals surface area contributed by atoms with E-state index in [-0.39, 0.29) is 10.6 Å². The molecule has 0 amide bonds. The van der Waals surface area contributed by atoms with E-state index in [1.54, 1.807) is 0 Å². The summed E-state index contributed by atoms with van der Waals surface area (Å²) in [5.41, 5.74) is -0.188. The molecule has 0 aliphatic carbocycles. The van der Waals surface area contributed by atoms with Crippen LogP contribution in [0.1, 0.15) is 0 Å². The summed E-state index contributed by atoms with van der Waals surface area (Å²) in [6.07, 6.45) is 0. The van der Waals surface area contributed by atoms with Crippen molar-refractivity contribution in [2.24, 2.45) is 0 Å². The van der Waals surface area contributed by atoms with Crippen LogP contribution < -0.4 is 4.72 Å². The van der Waals surface area contributed by atoms with Crippen LogP contribution >= 0.6 is 0 Å². The van der Waals surface area contributed by atoms with E-state index in [1.165, 1.54) is 32.3 Å². The minimum atomic E-state index is -4.61. The zero-order valence-electron chi connectivity index (χ0n) is 13.0. The molecule has 0 heterocycles. The van der Waals surface area contributed by atoms with E-state index >= 15 is 0 Å². The maximum Gasteiger partial charge on any atom is 0.264 e. The SMILES string of the molecule is CN(C)S(=O)(=O)c1cccc(NS(=O)(=O)c2ccc(F)c(F)c2F)c1. The zero-order valence-corrected chi connectivity index (χ0v) is 14.6. The highest BCUT2D eigenvalue weighted by Crippen LogP contribution is 2.24. The summed E-state index contributed by atoms with van der Waals surface area (Å²) in [6.45, 7) is 0. The van der Waals surface area contributed by atoms with Gasteiger partial charge in [0, 0.05) is 14.1 Å². The van der Waals surface area contributed by atoms with Crippen molar-refractivity contribution in [3.63, 3.8) is 0 Å². The van der Waals surface area contributed by atoms with Crippen molar-refractivity contribution in [2.75, 3.05) is 18.8 Å². The van der Waals surface area contributed by atoms with E-state index in [2.05, 4.69) is 0 Å². The van der Waals surface area contributed by atoms with Crippen molar-refractivity contribution < 1.29 is 30.0 Å². The average molecular weight is 394 g/mol. The van der Waals surface area contributed by atoms with E-state index in [0.29, 0.717) is 12.1 Å². The molecule has 0 aliphatic rings. The van der Waals surface area contributed by atoms with Crippen LogP contribution in [0.5, 0.6) is 0 Å². The predicted octanol–water partition coefficient (Wildman–Crippen LogP) is 2.16. The number of halogens is 3. The van der Waals surface area contributed by atoms with Crippen molar-refractivity contribution >= 4 is 25.7 Å². The van der Waals surface area contributed by atoms with Crippen molar-refractivity contribution in [3.05, 3.63) is 53.8 Å². The molecular weight excluding hydrogens is 381 g/mol. The van der Waals surface area contributed by atoms with Crippen LogP contribution in [0.3, 0.4) is 0 Å². The van der Waals surface area contributed by atoms with Crippen molar-refractivity contribution in [1.82, 2.24) is 4.31 Å². The van der Waals surface area contributed by atoms with Gasteiger partial charge in [0.2, 0.25) is 10.0 Å². The molecule has 1 N–H and O–H groups in total. The molecule has 25 heavy (non-hydrogen) atoms. The Bertz CT molecular complexity index is 1020. The number of rotatable bonds is 5. The van der Waals surface area contributed by atoms with Gasteiger partial charge in [0.25, 0.3) is 10.0 Å². The molecule has 0 aromatic heterocycles. The molecule has 2 rings (SSSR count). The highest BCUT2D eigenvalue weighted by atomic mass is 32.2. The number of nitrogens with one attached hydrogen (secondary N) is 1. The number of anilines is 1. The third-order valence-corrected chi connectivity index (χ3v) is 6.36. The Morgan fingerprint density at radius 3 is 2.16 bits per heavy atom. The van der Waals surface area contributed by atoms with Crippen molar-refractivity contribution in [3.8, 4) is 0 Å². The van der Waals surface area contributed by atoms with Gasteiger partial charge < -0.3 is 0 Å². The van der Waals surface area contributed by atoms with Gasteiger partial charge in [0.15, 0.2) is 17.5 Å². The van der Waals surface area contributed by atoms with Gasteiger partial charge in [-0.2, -0.15) is 0 Å². The first kappa shape index (κ1) is 19.2. The normalized spacial score (nSPS) is 12.4. The number of hydrogen-bond acceptors (Lipinski definition) is 4. The van der Waals surface area contributed by atoms with Gasteiger partial charge in [0.05, 0.1) is 10.6 Å². The average Bonchev–Trinajstić information content (AvgIpc) is 2.52. The Morgan fingerprint density at radius 1 is 0.920 bits per heavy atom. The third-order valence-electron chi connectivity index (χ3n) is 3.15. The monoisotopic (exact) mass is 394 g/mol. The highest BCUT2D eigenvalue weighted by molar-refractivity contribution is 7.92. The summed E-state index contributed by atoms with van der Waals surface area (Å²) in [6, 6.07) is 5.80. The molecule has 0 unspecified atom stereocenters. The largest absolute Gasteiger partial charge is 0.279 e. The molecule has 0 saturated carbocycles. The van der Waals surface area contributed by atoms with Gasteiger partial charge in [-0.3, -0.25) is 4.72 Å². The fourth-order valence-electron chi connectivity index (χ4n) is 1.86. The number of hydrogen-bond donors (Lipinski definition) is 1. The van der Waals surface area contributed by atoms with Gasteiger partial charge in [-0.25, -0.2) is 34.3 Å². The van der Waals surface area contributed by atoms with Crippen molar-refractivity contribution in [2.45, 2.75) is 9.79 Å². The Kier molecular flexibility index (Phi) is 5.11. The molecule has 0 fully saturated rings. The maximum absolute atomic E-state index is 13.7. The lowest BCUT2D eigenvalue weighted by Gasteiger charge is -2.13. The summed E-state index contributed by atoms with van der Waals surface area (Å²) < 4.78 is 91.2. The second-order valence-electron chi connectivity index (χ2n) is 5.09. The molecular formula is C14H13F3N2O4S2. The van der Waals surface area contributed by atoms with Crippen molar-refractivity contribution in [1.29, 1.82) is 0 Å². The Morgan fingerprint density at radius 2 is 1.56 bits per heavy atom. The highest BCUT2D eigenvalue weighted by Gasteiger charge is 2.25. The minimum Gasteiger partial charge on any atom is -0.279 e. The van der Waals surface area contributed by atoms with Gasteiger partial charge >= 0.3 is 0 Å². The van der Waals surface area contributed by atoms with Crippen LogP contribution in [-0.4, -0.2) is 35.2 Å². The summed E-state index contributed by atoms with van der Waals surface area (Å²) in [4.78, 5) is -1.31. The molecule has 6 nitrogen and oxygen atoms in total. The van der Waals surface area contributed by atoms with E-state index in [4.69, 9.17) is 0 Å². The summed E-state index contributed by atoms with van der Waals surface area (Å²) in [5.74, 6) is -5.33. The molecule has 11 heteroatoms. The maximum atomic E-state index is 13.7. The quantitative estimate of drug-likeness (QED) is 0.788.